The first kappa shape index (κ1) is 20.4. The Morgan fingerprint density at radius 2 is 2.11 bits per heavy atom. The number of carbonyl (C=O) groups excluding carboxylic acids is 2. The van der Waals surface area contributed by atoms with Crippen LogP contribution in [0.3, 0.4) is 0 Å². The number of nitrogens with one attached hydrogen (secondary N) is 1. The maximum atomic E-state index is 14.0. The van der Waals surface area contributed by atoms with Crippen molar-refractivity contribution in [2.45, 2.75) is 37.6 Å². The van der Waals surface area contributed by atoms with Gasteiger partial charge in [0.1, 0.15) is 0 Å². The van der Waals surface area contributed by atoms with E-state index in [1.54, 1.807) is 24.4 Å². The minimum absolute atomic E-state index is 0.0939. The Labute approximate surface area is 162 Å². The third-order valence-corrected chi connectivity index (χ3v) is 5.34. The third-order valence-electron chi connectivity index (χ3n) is 5.34. The number of nitrogens with two attached hydrogens (primary N) is 1. The zero-order valence-electron chi connectivity index (χ0n) is 16.0. The van der Waals surface area contributed by atoms with Gasteiger partial charge in [0.15, 0.2) is 12.4 Å². The van der Waals surface area contributed by atoms with Gasteiger partial charge >= 0.3 is 0 Å². The second-order valence-electron chi connectivity index (χ2n) is 6.79. The Balaban J connectivity index is 1.82. The van der Waals surface area contributed by atoms with Crippen LogP contribution in [0.25, 0.3) is 0 Å². The summed E-state index contributed by atoms with van der Waals surface area (Å²) in [5, 5.41) is 2.63. The molecule has 0 spiro atoms. The van der Waals surface area contributed by atoms with Crippen LogP contribution < -0.4 is 11.1 Å². The van der Waals surface area contributed by atoms with Crippen molar-refractivity contribution in [3.63, 3.8) is 0 Å². The minimum atomic E-state index is -1.53. The number of amides is 2. The van der Waals surface area contributed by atoms with Gasteiger partial charge in [-0.1, -0.05) is 6.92 Å². The van der Waals surface area contributed by atoms with E-state index in [4.69, 9.17) is 19.9 Å². The summed E-state index contributed by atoms with van der Waals surface area (Å²) in [6, 6.07) is -0.437. The van der Waals surface area contributed by atoms with Gasteiger partial charge in [-0.05, 0) is 30.2 Å². The van der Waals surface area contributed by atoms with E-state index in [9.17, 15) is 14.0 Å². The Morgan fingerprint density at radius 3 is 2.71 bits per heavy atom. The average Bonchev–Trinajstić information content (AvgIpc) is 2.98. The standard InChI is InChI=1S/C19H24FN3O5/c1-4-11-14(23-17(25)15(11)20)9-28-18-12-8-19(26-2,27-3)13(16(21)24)7-10(12)5-6-22-18/h5-8,11,14-15,18H,4,9H2,1-3H3,(H2,21,24)(H,23,25)/t11-,14+,15-,18?/m0/s1. The molecule has 0 bridgehead atoms. The fraction of sp³-hybridized carbons (Fsp3) is 0.526. The highest BCUT2D eigenvalue weighted by Crippen LogP contribution is 2.37. The molecule has 3 N–H and O–H groups in total. The lowest BCUT2D eigenvalue weighted by atomic mass is 9.87. The zero-order chi connectivity index (χ0) is 20.5. The maximum absolute atomic E-state index is 14.0. The van der Waals surface area contributed by atoms with Gasteiger partial charge in [-0.2, -0.15) is 0 Å². The predicted octanol–water partition coefficient (Wildman–Crippen LogP) is 0.543. The molecule has 152 valence electrons. The molecule has 2 aliphatic heterocycles. The van der Waals surface area contributed by atoms with E-state index < -0.39 is 42.0 Å². The molecule has 1 fully saturated rings. The lowest BCUT2D eigenvalue weighted by molar-refractivity contribution is -0.151. The highest BCUT2D eigenvalue weighted by molar-refractivity contribution is 5.96. The molecule has 0 saturated carbocycles. The molecule has 0 aromatic carbocycles. The lowest BCUT2D eigenvalue weighted by Gasteiger charge is -2.35. The summed E-state index contributed by atoms with van der Waals surface area (Å²) in [5.41, 5.74) is 6.95. The van der Waals surface area contributed by atoms with Gasteiger partial charge in [0.25, 0.3) is 5.91 Å². The molecule has 0 aromatic heterocycles. The molecule has 9 heteroatoms. The predicted molar refractivity (Wildman–Crippen MR) is 99.0 cm³/mol. The first-order chi connectivity index (χ1) is 13.4. The molecular weight excluding hydrogens is 369 g/mol. The normalized spacial score (nSPS) is 30.9. The molecule has 3 rings (SSSR count). The first-order valence-corrected chi connectivity index (χ1v) is 9.01. The van der Waals surface area contributed by atoms with Gasteiger partial charge in [0.2, 0.25) is 11.7 Å². The molecule has 8 nitrogen and oxygen atoms in total. The average molecular weight is 393 g/mol. The number of nitrogens with zero attached hydrogens (tertiary/aromatic N) is 1. The molecule has 0 aromatic rings. The van der Waals surface area contributed by atoms with E-state index in [-0.39, 0.29) is 12.2 Å². The molecule has 3 aliphatic rings. The number of hydrogen-bond donors (Lipinski definition) is 2. The maximum Gasteiger partial charge on any atom is 0.255 e. The number of halogens is 1. The van der Waals surface area contributed by atoms with Crippen molar-refractivity contribution in [1.82, 2.24) is 5.32 Å². The molecule has 2 heterocycles. The van der Waals surface area contributed by atoms with Crippen LogP contribution in [0.2, 0.25) is 0 Å². The number of methoxy groups -OCH3 is 2. The second-order valence-corrected chi connectivity index (χ2v) is 6.79. The van der Waals surface area contributed by atoms with E-state index in [0.29, 0.717) is 17.6 Å². The van der Waals surface area contributed by atoms with Crippen molar-refractivity contribution in [1.29, 1.82) is 0 Å². The van der Waals surface area contributed by atoms with Crippen LogP contribution in [0, 0.1) is 5.92 Å². The number of ether oxygens (including phenoxy) is 3. The van der Waals surface area contributed by atoms with Gasteiger partial charge in [-0.3, -0.25) is 14.6 Å². The quantitative estimate of drug-likeness (QED) is 0.613. The van der Waals surface area contributed by atoms with Crippen molar-refractivity contribution in [2.24, 2.45) is 16.6 Å². The topological polar surface area (TPSA) is 112 Å². The molecule has 0 radical (unpaired) electrons. The Morgan fingerprint density at radius 1 is 1.39 bits per heavy atom. The zero-order valence-corrected chi connectivity index (χ0v) is 16.0. The summed E-state index contributed by atoms with van der Waals surface area (Å²) in [5.74, 6) is -3.19. The third kappa shape index (κ3) is 3.41. The monoisotopic (exact) mass is 393 g/mol. The molecule has 28 heavy (non-hydrogen) atoms. The smallest absolute Gasteiger partial charge is 0.255 e. The van der Waals surface area contributed by atoms with E-state index in [2.05, 4.69) is 10.3 Å². The van der Waals surface area contributed by atoms with Gasteiger partial charge in [0.05, 0.1) is 18.2 Å². The van der Waals surface area contributed by atoms with E-state index in [1.165, 1.54) is 14.2 Å². The fourth-order valence-corrected chi connectivity index (χ4v) is 3.76. The van der Waals surface area contributed by atoms with Gasteiger partial charge in [-0.25, -0.2) is 4.39 Å². The van der Waals surface area contributed by atoms with Crippen LogP contribution in [-0.2, 0) is 23.8 Å². The SMILES string of the molecule is CC[C@@H]1[C@H](F)C(=O)N[C@@H]1COC1N=CC=C2C=C(C(N)=O)C(OC)(OC)C=C21. The summed E-state index contributed by atoms with van der Waals surface area (Å²) in [4.78, 5) is 27.8. The number of fused-ring (bicyclic) bond motifs is 1. The van der Waals surface area contributed by atoms with Crippen LogP contribution in [0.15, 0.2) is 39.9 Å². The van der Waals surface area contributed by atoms with Gasteiger partial charge in [-0.15, -0.1) is 0 Å². The van der Waals surface area contributed by atoms with Crippen molar-refractivity contribution in [3.8, 4) is 0 Å². The van der Waals surface area contributed by atoms with Crippen LogP contribution in [0.5, 0.6) is 0 Å². The fourth-order valence-electron chi connectivity index (χ4n) is 3.76. The number of rotatable bonds is 7. The van der Waals surface area contributed by atoms with E-state index in [1.807, 2.05) is 6.92 Å². The molecular formula is C19H24FN3O5. The number of alkyl halides is 1. The highest BCUT2D eigenvalue weighted by Gasteiger charge is 2.44. The molecule has 1 unspecified atom stereocenters. The Bertz CT molecular complexity index is 784. The molecule has 4 atom stereocenters. The summed E-state index contributed by atoms with van der Waals surface area (Å²) < 4.78 is 30.7. The Kier molecular flexibility index (Phi) is 5.78. The minimum Gasteiger partial charge on any atom is -0.366 e. The van der Waals surface area contributed by atoms with Crippen LogP contribution >= 0.6 is 0 Å². The molecule has 1 saturated heterocycles. The largest absolute Gasteiger partial charge is 0.366 e. The molecule has 2 amide bonds. The summed E-state index contributed by atoms with van der Waals surface area (Å²) in [6.07, 6.45) is 4.71. The van der Waals surface area contributed by atoms with E-state index >= 15 is 0 Å². The number of aliphatic imine (C=N–C) groups is 1. The lowest BCUT2D eigenvalue weighted by Crippen LogP contribution is -2.43. The van der Waals surface area contributed by atoms with Crippen molar-refractivity contribution >= 4 is 18.0 Å². The number of dihydropyridines is 1. The number of primary amides is 1. The summed E-state index contributed by atoms with van der Waals surface area (Å²) in [7, 11) is 2.80. The number of allylic oxidation sites excluding steroid dienone is 2. The number of carbonyl (C=O) groups is 2. The summed E-state index contributed by atoms with van der Waals surface area (Å²) >= 11 is 0. The first-order valence-electron chi connectivity index (χ1n) is 9.01. The van der Waals surface area contributed by atoms with Crippen molar-refractivity contribution in [3.05, 3.63) is 34.9 Å². The number of hydrogen-bond acceptors (Lipinski definition) is 6. The molecule has 1 aliphatic carbocycles. The van der Waals surface area contributed by atoms with Crippen LogP contribution in [0.4, 0.5) is 4.39 Å². The van der Waals surface area contributed by atoms with Crippen molar-refractivity contribution < 1.29 is 28.2 Å². The summed E-state index contributed by atoms with van der Waals surface area (Å²) in [6.45, 7) is 1.92. The van der Waals surface area contributed by atoms with E-state index in [0.717, 1.165) is 0 Å². The van der Waals surface area contributed by atoms with Gasteiger partial charge in [0, 0.05) is 31.9 Å². The van der Waals surface area contributed by atoms with Crippen molar-refractivity contribution in [2.75, 3.05) is 20.8 Å². The second kappa shape index (κ2) is 7.94. The Hall–Kier alpha value is -2.36. The van der Waals surface area contributed by atoms with Crippen LogP contribution in [0.1, 0.15) is 13.3 Å². The van der Waals surface area contributed by atoms with Gasteiger partial charge < -0.3 is 25.3 Å². The van der Waals surface area contributed by atoms with Crippen LogP contribution in [-0.4, -0.2) is 63.1 Å². The highest BCUT2D eigenvalue weighted by atomic mass is 19.1.